The van der Waals surface area contributed by atoms with Gasteiger partial charge in [-0.1, -0.05) is 0 Å². The minimum atomic E-state index is -0.526. The van der Waals surface area contributed by atoms with E-state index in [0.29, 0.717) is 19.6 Å². The van der Waals surface area contributed by atoms with Crippen molar-refractivity contribution in [3.05, 3.63) is 20.8 Å². The standard InChI is InChI=1S/C12H18BrNO3S/c1-8(10-3-4-11(13)18-10)12(16)14-6-5-9(15)7-17-2/h3-4,8-9,15H,5-7H2,1-2H3,(H,14,16). The molecule has 0 spiro atoms. The molecule has 0 aromatic carbocycles. The van der Waals surface area contributed by atoms with Gasteiger partial charge in [0, 0.05) is 18.5 Å². The van der Waals surface area contributed by atoms with Crippen LogP contribution in [0.3, 0.4) is 0 Å². The number of rotatable bonds is 7. The van der Waals surface area contributed by atoms with Crippen LogP contribution in [-0.4, -0.2) is 37.4 Å². The van der Waals surface area contributed by atoms with Crippen LogP contribution < -0.4 is 5.32 Å². The van der Waals surface area contributed by atoms with Gasteiger partial charge >= 0.3 is 0 Å². The van der Waals surface area contributed by atoms with Crippen molar-refractivity contribution in [1.29, 1.82) is 0 Å². The van der Waals surface area contributed by atoms with Crippen molar-refractivity contribution < 1.29 is 14.6 Å². The van der Waals surface area contributed by atoms with Crippen LogP contribution in [0, 0.1) is 0 Å². The van der Waals surface area contributed by atoms with Gasteiger partial charge < -0.3 is 15.2 Å². The maximum atomic E-state index is 11.9. The topological polar surface area (TPSA) is 58.6 Å². The molecule has 0 aliphatic carbocycles. The summed E-state index contributed by atoms with van der Waals surface area (Å²) in [5, 5.41) is 12.3. The molecular formula is C12H18BrNO3S. The van der Waals surface area contributed by atoms with Crippen LogP contribution in [-0.2, 0) is 9.53 Å². The Kier molecular flexibility index (Phi) is 6.85. The molecule has 2 unspecified atom stereocenters. The molecule has 0 aliphatic heterocycles. The normalized spacial score (nSPS) is 14.2. The molecule has 0 bridgehead atoms. The van der Waals surface area contributed by atoms with E-state index in [4.69, 9.17) is 4.74 Å². The molecule has 0 radical (unpaired) electrons. The largest absolute Gasteiger partial charge is 0.391 e. The van der Waals surface area contributed by atoms with Gasteiger partial charge in [-0.2, -0.15) is 0 Å². The summed E-state index contributed by atoms with van der Waals surface area (Å²) < 4.78 is 5.84. The van der Waals surface area contributed by atoms with Crippen LogP contribution in [0.4, 0.5) is 0 Å². The predicted octanol–water partition coefficient (Wildman–Crippen LogP) is 2.13. The molecule has 1 aromatic rings. The highest BCUT2D eigenvalue weighted by molar-refractivity contribution is 9.11. The maximum Gasteiger partial charge on any atom is 0.228 e. The number of hydrogen-bond donors (Lipinski definition) is 2. The summed E-state index contributed by atoms with van der Waals surface area (Å²) in [4.78, 5) is 12.9. The second-order valence-corrected chi connectivity index (χ2v) is 6.55. The fourth-order valence-corrected chi connectivity index (χ4v) is 2.96. The molecule has 0 saturated heterocycles. The summed E-state index contributed by atoms with van der Waals surface area (Å²) in [5.41, 5.74) is 0. The van der Waals surface area contributed by atoms with Gasteiger partial charge in [-0.05, 0) is 41.4 Å². The minimum Gasteiger partial charge on any atom is -0.391 e. The number of thiophene rings is 1. The van der Waals surface area contributed by atoms with Crippen LogP contribution in [0.15, 0.2) is 15.9 Å². The van der Waals surface area contributed by atoms with Gasteiger partial charge in [-0.25, -0.2) is 0 Å². The number of hydrogen-bond acceptors (Lipinski definition) is 4. The quantitative estimate of drug-likeness (QED) is 0.802. The Morgan fingerprint density at radius 1 is 1.61 bits per heavy atom. The molecule has 2 atom stereocenters. The second-order valence-electron chi connectivity index (χ2n) is 4.05. The molecule has 0 fully saturated rings. The van der Waals surface area contributed by atoms with E-state index < -0.39 is 6.10 Å². The summed E-state index contributed by atoms with van der Waals surface area (Å²) in [6, 6.07) is 3.88. The maximum absolute atomic E-state index is 11.9. The molecule has 0 aliphatic rings. The van der Waals surface area contributed by atoms with Crippen LogP contribution in [0.5, 0.6) is 0 Å². The third kappa shape index (κ3) is 5.06. The molecule has 2 N–H and O–H groups in total. The van der Waals surface area contributed by atoms with Crippen molar-refractivity contribution in [2.24, 2.45) is 0 Å². The highest BCUT2D eigenvalue weighted by atomic mass is 79.9. The molecular weight excluding hydrogens is 318 g/mol. The van der Waals surface area contributed by atoms with E-state index in [1.165, 1.54) is 0 Å². The number of carbonyl (C=O) groups is 1. The van der Waals surface area contributed by atoms with E-state index >= 15 is 0 Å². The van der Waals surface area contributed by atoms with Crippen LogP contribution >= 0.6 is 27.3 Å². The third-order valence-electron chi connectivity index (χ3n) is 2.55. The highest BCUT2D eigenvalue weighted by Gasteiger charge is 2.16. The number of carbonyl (C=O) groups excluding carboxylic acids is 1. The zero-order chi connectivity index (χ0) is 13.5. The molecule has 102 valence electrons. The highest BCUT2D eigenvalue weighted by Crippen LogP contribution is 2.28. The van der Waals surface area contributed by atoms with E-state index in [-0.39, 0.29) is 11.8 Å². The van der Waals surface area contributed by atoms with Gasteiger partial charge in [0.05, 0.1) is 22.4 Å². The zero-order valence-electron chi connectivity index (χ0n) is 10.5. The lowest BCUT2D eigenvalue weighted by Crippen LogP contribution is -2.31. The summed E-state index contributed by atoms with van der Waals surface area (Å²) in [5.74, 6) is -0.185. The molecule has 1 aromatic heterocycles. The van der Waals surface area contributed by atoms with Crippen molar-refractivity contribution in [1.82, 2.24) is 5.32 Å². The Labute approximate surface area is 119 Å². The monoisotopic (exact) mass is 335 g/mol. The summed E-state index contributed by atoms with van der Waals surface area (Å²) in [6.07, 6.45) is -0.0260. The lowest BCUT2D eigenvalue weighted by Gasteiger charge is -2.12. The van der Waals surface area contributed by atoms with Gasteiger partial charge in [-0.3, -0.25) is 4.79 Å². The van der Waals surface area contributed by atoms with E-state index in [2.05, 4.69) is 21.2 Å². The number of aliphatic hydroxyl groups is 1. The number of aliphatic hydroxyl groups excluding tert-OH is 1. The number of nitrogens with one attached hydrogen (secondary N) is 1. The average molecular weight is 336 g/mol. The smallest absolute Gasteiger partial charge is 0.228 e. The lowest BCUT2D eigenvalue weighted by atomic mass is 10.1. The SMILES string of the molecule is COCC(O)CCNC(=O)C(C)c1ccc(Br)s1. The first kappa shape index (κ1) is 15.6. The number of methoxy groups -OCH3 is 1. The van der Waals surface area contributed by atoms with Crippen LogP contribution in [0.1, 0.15) is 24.1 Å². The summed E-state index contributed by atoms with van der Waals surface area (Å²) in [7, 11) is 1.54. The van der Waals surface area contributed by atoms with E-state index in [0.717, 1.165) is 8.66 Å². The first-order valence-electron chi connectivity index (χ1n) is 5.74. The Balaban J connectivity index is 2.32. The Morgan fingerprint density at radius 3 is 2.89 bits per heavy atom. The first-order chi connectivity index (χ1) is 8.54. The molecule has 1 amide bonds. The molecule has 1 rings (SSSR count). The van der Waals surface area contributed by atoms with Crippen molar-refractivity contribution >= 4 is 33.2 Å². The Bertz CT molecular complexity index is 383. The molecule has 6 heteroatoms. The van der Waals surface area contributed by atoms with Gasteiger partial charge in [0.25, 0.3) is 0 Å². The fourth-order valence-electron chi connectivity index (χ4n) is 1.48. The lowest BCUT2D eigenvalue weighted by molar-refractivity contribution is -0.122. The third-order valence-corrected chi connectivity index (χ3v) is 4.36. The van der Waals surface area contributed by atoms with Crippen molar-refractivity contribution in [2.45, 2.75) is 25.4 Å². The van der Waals surface area contributed by atoms with Crippen molar-refractivity contribution in [3.63, 3.8) is 0 Å². The summed E-state index contributed by atoms with van der Waals surface area (Å²) >= 11 is 4.94. The molecule has 4 nitrogen and oxygen atoms in total. The zero-order valence-corrected chi connectivity index (χ0v) is 12.9. The first-order valence-corrected chi connectivity index (χ1v) is 7.35. The average Bonchev–Trinajstić information content (AvgIpc) is 2.75. The van der Waals surface area contributed by atoms with Crippen molar-refractivity contribution in [3.8, 4) is 0 Å². The van der Waals surface area contributed by atoms with Crippen LogP contribution in [0.2, 0.25) is 0 Å². The summed E-state index contributed by atoms with van der Waals surface area (Å²) in [6.45, 7) is 2.63. The second kappa shape index (κ2) is 7.89. The molecule has 0 saturated carbocycles. The van der Waals surface area contributed by atoms with Gasteiger partial charge in [0.15, 0.2) is 0 Å². The number of amides is 1. The number of halogens is 1. The Morgan fingerprint density at radius 2 is 2.33 bits per heavy atom. The van der Waals surface area contributed by atoms with E-state index in [1.54, 1.807) is 18.4 Å². The van der Waals surface area contributed by atoms with Gasteiger partial charge in [-0.15, -0.1) is 11.3 Å². The number of ether oxygens (including phenoxy) is 1. The minimum absolute atomic E-state index is 0.0195. The van der Waals surface area contributed by atoms with E-state index in [1.807, 2.05) is 19.1 Å². The Hall–Kier alpha value is -0.430. The fraction of sp³-hybridized carbons (Fsp3) is 0.583. The van der Waals surface area contributed by atoms with Gasteiger partial charge in [0.2, 0.25) is 5.91 Å². The van der Waals surface area contributed by atoms with E-state index in [9.17, 15) is 9.90 Å². The predicted molar refractivity (Wildman–Crippen MR) is 75.9 cm³/mol. The molecule has 1 heterocycles. The molecule has 18 heavy (non-hydrogen) atoms. The van der Waals surface area contributed by atoms with Gasteiger partial charge in [0.1, 0.15) is 0 Å². The van der Waals surface area contributed by atoms with Crippen LogP contribution in [0.25, 0.3) is 0 Å². The van der Waals surface area contributed by atoms with Crippen molar-refractivity contribution in [2.75, 3.05) is 20.3 Å².